The first kappa shape index (κ1) is 17.6. The maximum Gasteiger partial charge on any atom is 0.270 e. The summed E-state index contributed by atoms with van der Waals surface area (Å²) in [7, 11) is 0. The van der Waals surface area contributed by atoms with Gasteiger partial charge in [-0.3, -0.25) is 10.1 Å². The number of nitrogens with zero attached hydrogens (tertiary/aromatic N) is 3. The zero-order valence-electron chi connectivity index (χ0n) is 13.2. The van der Waals surface area contributed by atoms with E-state index in [2.05, 4.69) is 16.4 Å². The van der Waals surface area contributed by atoms with E-state index < -0.39 is 4.92 Å². The van der Waals surface area contributed by atoms with Crippen LogP contribution in [0.15, 0.2) is 60.1 Å². The zero-order valence-corrected chi connectivity index (χ0v) is 14.8. The van der Waals surface area contributed by atoms with Crippen LogP contribution in [0.4, 0.5) is 11.4 Å². The molecule has 1 N–H and O–H groups in total. The van der Waals surface area contributed by atoms with Crippen molar-refractivity contribution in [3.8, 4) is 17.3 Å². The van der Waals surface area contributed by atoms with Gasteiger partial charge >= 0.3 is 0 Å². The highest BCUT2D eigenvalue weighted by molar-refractivity contribution is 7.11. The van der Waals surface area contributed by atoms with Gasteiger partial charge in [0, 0.05) is 29.3 Å². The first-order valence-electron chi connectivity index (χ1n) is 7.40. The topological polar surface area (TPSA) is 91.8 Å². The molecule has 0 fully saturated rings. The van der Waals surface area contributed by atoms with Crippen molar-refractivity contribution in [3.63, 3.8) is 0 Å². The van der Waals surface area contributed by atoms with Crippen LogP contribution in [-0.2, 0) is 0 Å². The smallest absolute Gasteiger partial charge is 0.270 e. The molecule has 0 aliphatic heterocycles. The normalized spacial score (nSPS) is 11.0. The van der Waals surface area contributed by atoms with Gasteiger partial charge in [0.25, 0.3) is 5.69 Å². The lowest BCUT2D eigenvalue weighted by molar-refractivity contribution is -0.384. The highest BCUT2D eigenvalue weighted by Crippen LogP contribution is 2.28. The molecule has 128 valence electrons. The van der Waals surface area contributed by atoms with Gasteiger partial charge in [-0.25, -0.2) is 4.98 Å². The predicted molar refractivity (Wildman–Crippen MR) is 103 cm³/mol. The molecular formula is C18H11ClN4O2S. The van der Waals surface area contributed by atoms with Crippen molar-refractivity contribution in [2.24, 2.45) is 0 Å². The minimum Gasteiger partial charge on any atom is -0.359 e. The summed E-state index contributed by atoms with van der Waals surface area (Å²) in [4.78, 5) is 14.9. The van der Waals surface area contributed by atoms with Gasteiger partial charge in [0.1, 0.15) is 16.6 Å². The molecule has 0 spiro atoms. The largest absolute Gasteiger partial charge is 0.359 e. The number of non-ortho nitro benzene ring substituents is 1. The first-order valence-corrected chi connectivity index (χ1v) is 8.66. The molecule has 0 aliphatic rings. The van der Waals surface area contributed by atoms with Gasteiger partial charge in [-0.1, -0.05) is 35.9 Å². The molecule has 1 aromatic heterocycles. The van der Waals surface area contributed by atoms with Crippen LogP contribution in [0, 0.1) is 21.4 Å². The number of nitro groups is 1. The molecule has 0 saturated carbocycles. The Kier molecular flexibility index (Phi) is 5.27. The SMILES string of the molecule is N#C/C(=C/Nc1ccccc1Cl)c1nc(-c2cccc([N+](=O)[O-])c2)cs1. The molecule has 6 nitrogen and oxygen atoms in total. The van der Waals surface area contributed by atoms with E-state index in [9.17, 15) is 15.4 Å². The minimum atomic E-state index is -0.453. The third kappa shape index (κ3) is 3.88. The lowest BCUT2D eigenvalue weighted by Crippen LogP contribution is -1.92. The van der Waals surface area contributed by atoms with E-state index >= 15 is 0 Å². The van der Waals surface area contributed by atoms with E-state index in [1.54, 1.807) is 29.6 Å². The van der Waals surface area contributed by atoms with Crippen LogP contribution in [0.2, 0.25) is 5.02 Å². The number of nitriles is 1. The summed E-state index contributed by atoms with van der Waals surface area (Å²) in [6.45, 7) is 0. The Morgan fingerprint density at radius 2 is 2.12 bits per heavy atom. The van der Waals surface area contributed by atoms with Gasteiger partial charge in [0.15, 0.2) is 0 Å². The van der Waals surface area contributed by atoms with E-state index in [4.69, 9.17) is 11.6 Å². The molecule has 3 aromatic rings. The number of rotatable bonds is 5. The number of para-hydroxylation sites is 1. The van der Waals surface area contributed by atoms with Crippen LogP contribution >= 0.6 is 22.9 Å². The molecule has 0 bridgehead atoms. The van der Waals surface area contributed by atoms with Crippen molar-refractivity contribution >= 4 is 39.9 Å². The van der Waals surface area contributed by atoms with Crippen molar-refractivity contribution in [1.29, 1.82) is 5.26 Å². The number of aromatic nitrogens is 1. The highest BCUT2D eigenvalue weighted by Gasteiger charge is 2.12. The molecule has 0 unspecified atom stereocenters. The van der Waals surface area contributed by atoms with E-state index in [0.29, 0.717) is 32.5 Å². The number of halogens is 1. The third-order valence-corrected chi connectivity index (χ3v) is 4.66. The molecule has 8 heteroatoms. The second-order valence-electron chi connectivity index (χ2n) is 5.14. The maximum atomic E-state index is 10.9. The summed E-state index contributed by atoms with van der Waals surface area (Å²) in [5.41, 5.74) is 2.21. The quantitative estimate of drug-likeness (QED) is 0.365. The summed E-state index contributed by atoms with van der Waals surface area (Å²) in [6, 6.07) is 15.5. The molecular weight excluding hydrogens is 372 g/mol. The third-order valence-electron chi connectivity index (χ3n) is 3.45. The molecule has 1 heterocycles. The van der Waals surface area contributed by atoms with Crippen molar-refractivity contribution < 1.29 is 4.92 Å². The number of anilines is 1. The van der Waals surface area contributed by atoms with Crippen LogP contribution in [0.5, 0.6) is 0 Å². The van der Waals surface area contributed by atoms with Crippen LogP contribution < -0.4 is 5.32 Å². The second-order valence-corrected chi connectivity index (χ2v) is 6.40. The van der Waals surface area contributed by atoms with Gasteiger partial charge < -0.3 is 5.32 Å². The van der Waals surface area contributed by atoms with Crippen LogP contribution in [0.3, 0.4) is 0 Å². The van der Waals surface area contributed by atoms with Crippen LogP contribution in [0.25, 0.3) is 16.8 Å². The number of hydrogen-bond acceptors (Lipinski definition) is 6. The standard InChI is InChI=1S/C18H11ClN4O2S/c19-15-6-1-2-7-16(15)21-10-13(9-20)18-22-17(11-26-18)12-4-3-5-14(8-12)23(24)25/h1-8,10-11,21H/b13-10-. The number of thiazole rings is 1. The van der Waals surface area contributed by atoms with Crippen molar-refractivity contribution in [2.75, 3.05) is 5.32 Å². The summed E-state index contributed by atoms with van der Waals surface area (Å²) in [6.07, 6.45) is 1.54. The number of nitrogens with one attached hydrogen (secondary N) is 1. The summed E-state index contributed by atoms with van der Waals surface area (Å²) >= 11 is 7.36. The summed E-state index contributed by atoms with van der Waals surface area (Å²) in [5.74, 6) is 0. The van der Waals surface area contributed by atoms with Gasteiger partial charge in [-0.15, -0.1) is 11.3 Å². The molecule has 0 amide bonds. The number of hydrogen-bond donors (Lipinski definition) is 1. The van der Waals surface area contributed by atoms with Gasteiger partial charge in [-0.05, 0) is 12.1 Å². The van der Waals surface area contributed by atoms with Crippen LogP contribution in [0.1, 0.15) is 5.01 Å². The number of benzene rings is 2. The van der Waals surface area contributed by atoms with Crippen molar-refractivity contribution in [1.82, 2.24) is 4.98 Å². The minimum absolute atomic E-state index is 0.00603. The van der Waals surface area contributed by atoms with Gasteiger partial charge in [-0.2, -0.15) is 5.26 Å². The van der Waals surface area contributed by atoms with Gasteiger partial charge in [0.2, 0.25) is 0 Å². The number of allylic oxidation sites excluding steroid dienone is 1. The van der Waals surface area contributed by atoms with E-state index in [0.717, 1.165) is 0 Å². The van der Waals surface area contributed by atoms with Crippen molar-refractivity contribution in [3.05, 3.63) is 80.3 Å². The lowest BCUT2D eigenvalue weighted by atomic mass is 10.1. The van der Waals surface area contributed by atoms with Crippen molar-refractivity contribution in [2.45, 2.75) is 0 Å². The second kappa shape index (κ2) is 7.78. The fourth-order valence-corrected chi connectivity index (χ4v) is 3.16. The summed E-state index contributed by atoms with van der Waals surface area (Å²) in [5, 5.41) is 26.1. The molecule has 2 aromatic carbocycles. The first-order chi connectivity index (χ1) is 12.6. The Balaban J connectivity index is 1.87. The van der Waals surface area contributed by atoms with Crippen LogP contribution in [-0.4, -0.2) is 9.91 Å². The molecule has 0 radical (unpaired) electrons. The van der Waals surface area contributed by atoms with Gasteiger partial charge in [0.05, 0.1) is 21.3 Å². The summed E-state index contributed by atoms with van der Waals surface area (Å²) < 4.78 is 0. The average molecular weight is 383 g/mol. The molecule has 0 aliphatic carbocycles. The monoisotopic (exact) mass is 382 g/mol. The molecule has 0 atom stereocenters. The molecule has 3 rings (SSSR count). The fourth-order valence-electron chi connectivity index (χ4n) is 2.18. The predicted octanol–water partition coefficient (Wildman–Crippen LogP) is 5.35. The van der Waals surface area contributed by atoms with E-state index in [1.807, 2.05) is 12.1 Å². The van der Waals surface area contributed by atoms with E-state index in [1.165, 1.54) is 29.7 Å². The lowest BCUT2D eigenvalue weighted by Gasteiger charge is -2.03. The number of nitro benzene ring substituents is 1. The highest BCUT2D eigenvalue weighted by atomic mass is 35.5. The Bertz CT molecular complexity index is 1040. The Morgan fingerprint density at radius 1 is 1.31 bits per heavy atom. The van der Waals surface area contributed by atoms with E-state index in [-0.39, 0.29) is 5.69 Å². The Labute approximate surface area is 158 Å². The fraction of sp³-hybridized carbons (Fsp3) is 0. The Morgan fingerprint density at radius 3 is 2.85 bits per heavy atom. The maximum absolute atomic E-state index is 10.9. The molecule has 0 saturated heterocycles. The average Bonchev–Trinajstić information content (AvgIpc) is 3.14. The zero-order chi connectivity index (χ0) is 18.5. The Hall–Kier alpha value is -3.21. The molecule has 26 heavy (non-hydrogen) atoms.